The Morgan fingerprint density at radius 2 is 2.20 bits per heavy atom. The van der Waals surface area contributed by atoms with Gasteiger partial charge in [0, 0.05) is 18.8 Å². The molecule has 7 heteroatoms. The highest BCUT2D eigenvalue weighted by molar-refractivity contribution is 7.89. The van der Waals surface area contributed by atoms with Crippen LogP contribution in [-0.2, 0) is 10.0 Å². The zero-order chi connectivity index (χ0) is 14.8. The van der Waals surface area contributed by atoms with Gasteiger partial charge in [0.1, 0.15) is 0 Å². The van der Waals surface area contributed by atoms with Crippen molar-refractivity contribution in [3.8, 4) is 0 Å². The molecular formula is C13H22N4O2S. The van der Waals surface area contributed by atoms with Crippen LogP contribution in [0, 0.1) is 5.92 Å². The predicted octanol–water partition coefficient (Wildman–Crippen LogP) is 1.57. The van der Waals surface area contributed by atoms with Crippen LogP contribution in [0.1, 0.15) is 33.1 Å². The zero-order valence-corrected chi connectivity index (χ0v) is 12.7. The highest BCUT2D eigenvalue weighted by atomic mass is 32.2. The van der Waals surface area contributed by atoms with Crippen LogP contribution in [0.15, 0.2) is 23.4 Å². The van der Waals surface area contributed by atoms with Gasteiger partial charge in [-0.05, 0) is 37.3 Å². The summed E-state index contributed by atoms with van der Waals surface area (Å²) in [5, 5.41) is 0.0122. The first-order chi connectivity index (χ1) is 9.46. The predicted molar refractivity (Wildman–Crippen MR) is 78.4 cm³/mol. The fourth-order valence-corrected chi connectivity index (χ4v) is 3.83. The molecule has 1 aromatic rings. The quantitative estimate of drug-likeness (QED) is 0.589. The van der Waals surface area contributed by atoms with Crippen molar-refractivity contribution in [1.29, 1.82) is 0 Å². The third-order valence-electron chi connectivity index (χ3n) is 3.36. The number of anilines is 1. The van der Waals surface area contributed by atoms with E-state index in [0.717, 1.165) is 19.3 Å². The number of aromatic nitrogens is 1. The van der Waals surface area contributed by atoms with E-state index in [9.17, 15) is 8.42 Å². The van der Waals surface area contributed by atoms with Crippen LogP contribution in [0.5, 0.6) is 0 Å². The molecule has 3 N–H and O–H groups in total. The molecule has 0 unspecified atom stereocenters. The molecule has 1 aliphatic carbocycles. The van der Waals surface area contributed by atoms with E-state index >= 15 is 0 Å². The van der Waals surface area contributed by atoms with Gasteiger partial charge in [0.15, 0.2) is 5.03 Å². The van der Waals surface area contributed by atoms with E-state index in [1.54, 1.807) is 16.4 Å². The van der Waals surface area contributed by atoms with Gasteiger partial charge < -0.3 is 5.43 Å². The van der Waals surface area contributed by atoms with Crippen molar-refractivity contribution in [3.63, 3.8) is 0 Å². The lowest BCUT2D eigenvalue weighted by Crippen LogP contribution is -2.35. The highest BCUT2D eigenvalue weighted by Gasteiger charge is 2.39. The van der Waals surface area contributed by atoms with E-state index in [0.29, 0.717) is 18.2 Å². The standard InChI is InChI=1S/C13H22N4O2S/c1-10(2)7-9-17(11-5-6-11)20(18,19)13-12(16-14)4-3-8-15-13/h3-4,8,10-11,16H,5-7,9,14H2,1-2H3. The smallest absolute Gasteiger partial charge is 0.262 e. The second-order valence-corrected chi connectivity index (χ2v) is 7.34. The van der Waals surface area contributed by atoms with Crippen LogP contribution in [-0.4, -0.2) is 30.3 Å². The summed E-state index contributed by atoms with van der Waals surface area (Å²) < 4.78 is 27.1. The molecule has 0 bridgehead atoms. The van der Waals surface area contributed by atoms with E-state index in [2.05, 4.69) is 24.3 Å². The molecule has 0 aliphatic heterocycles. The third kappa shape index (κ3) is 3.28. The molecule has 1 fully saturated rings. The molecule has 1 saturated carbocycles. The Balaban J connectivity index is 2.30. The summed E-state index contributed by atoms with van der Waals surface area (Å²) in [7, 11) is -3.60. The third-order valence-corrected chi connectivity index (χ3v) is 5.27. The fourth-order valence-electron chi connectivity index (χ4n) is 2.06. The van der Waals surface area contributed by atoms with Crippen molar-refractivity contribution in [2.24, 2.45) is 11.8 Å². The molecular weight excluding hydrogens is 276 g/mol. The van der Waals surface area contributed by atoms with Crippen molar-refractivity contribution in [1.82, 2.24) is 9.29 Å². The SMILES string of the molecule is CC(C)CCN(C1CC1)S(=O)(=O)c1ncccc1NN. The number of sulfonamides is 1. The van der Waals surface area contributed by atoms with Gasteiger partial charge in [0.2, 0.25) is 0 Å². The lowest BCUT2D eigenvalue weighted by atomic mass is 10.1. The van der Waals surface area contributed by atoms with Crippen molar-refractivity contribution >= 4 is 15.7 Å². The summed E-state index contributed by atoms with van der Waals surface area (Å²) in [5.74, 6) is 5.85. The second-order valence-electron chi connectivity index (χ2n) is 5.53. The molecule has 0 aromatic carbocycles. The molecule has 0 amide bonds. The Kier molecular flexibility index (Phi) is 4.62. The maximum Gasteiger partial charge on any atom is 0.262 e. The summed E-state index contributed by atoms with van der Waals surface area (Å²) in [5.41, 5.74) is 2.75. The summed E-state index contributed by atoms with van der Waals surface area (Å²) >= 11 is 0. The summed E-state index contributed by atoms with van der Waals surface area (Å²) in [6.45, 7) is 4.71. The molecule has 0 atom stereocenters. The van der Waals surface area contributed by atoms with Crippen molar-refractivity contribution in [2.45, 2.75) is 44.2 Å². The van der Waals surface area contributed by atoms with Crippen molar-refractivity contribution < 1.29 is 8.42 Å². The van der Waals surface area contributed by atoms with Crippen LogP contribution in [0.25, 0.3) is 0 Å². The molecule has 20 heavy (non-hydrogen) atoms. The number of pyridine rings is 1. The number of nitrogen functional groups attached to an aromatic ring is 1. The molecule has 0 saturated heterocycles. The number of nitrogens with zero attached hydrogens (tertiary/aromatic N) is 2. The first-order valence-corrected chi connectivity index (χ1v) is 8.34. The first kappa shape index (κ1) is 15.2. The zero-order valence-electron chi connectivity index (χ0n) is 11.9. The molecule has 1 aromatic heterocycles. The van der Waals surface area contributed by atoms with Gasteiger partial charge in [-0.2, -0.15) is 4.31 Å². The van der Waals surface area contributed by atoms with Crippen LogP contribution >= 0.6 is 0 Å². The van der Waals surface area contributed by atoms with Gasteiger partial charge in [0.05, 0.1) is 5.69 Å². The molecule has 0 radical (unpaired) electrons. The Morgan fingerprint density at radius 3 is 2.75 bits per heavy atom. The largest absolute Gasteiger partial charge is 0.321 e. The van der Waals surface area contributed by atoms with Crippen LogP contribution in [0.3, 0.4) is 0 Å². The Hall–Kier alpha value is -1.18. The Bertz CT molecular complexity index is 555. The number of nitrogens with one attached hydrogen (secondary N) is 1. The number of hydrogen-bond acceptors (Lipinski definition) is 5. The average Bonchev–Trinajstić information content (AvgIpc) is 3.23. The Labute approximate surface area is 120 Å². The van der Waals surface area contributed by atoms with E-state index in [4.69, 9.17) is 5.84 Å². The van der Waals surface area contributed by atoms with E-state index < -0.39 is 10.0 Å². The minimum absolute atomic E-state index is 0.0122. The minimum Gasteiger partial charge on any atom is -0.321 e. The summed E-state index contributed by atoms with van der Waals surface area (Å²) in [4.78, 5) is 4.01. The first-order valence-electron chi connectivity index (χ1n) is 6.90. The average molecular weight is 298 g/mol. The van der Waals surface area contributed by atoms with E-state index in [1.165, 1.54) is 6.20 Å². The summed E-state index contributed by atoms with van der Waals surface area (Å²) in [6, 6.07) is 3.39. The monoisotopic (exact) mass is 298 g/mol. The maximum absolute atomic E-state index is 12.8. The molecule has 0 spiro atoms. The maximum atomic E-state index is 12.8. The lowest BCUT2D eigenvalue weighted by Gasteiger charge is -2.23. The number of rotatable bonds is 7. The van der Waals surface area contributed by atoms with Gasteiger partial charge in [-0.15, -0.1) is 0 Å². The van der Waals surface area contributed by atoms with Gasteiger partial charge in [-0.3, -0.25) is 5.84 Å². The van der Waals surface area contributed by atoms with Crippen LogP contribution in [0.4, 0.5) is 5.69 Å². The fraction of sp³-hybridized carbons (Fsp3) is 0.615. The number of hydrazine groups is 1. The Morgan fingerprint density at radius 1 is 1.50 bits per heavy atom. The molecule has 112 valence electrons. The van der Waals surface area contributed by atoms with Crippen LogP contribution < -0.4 is 11.3 Å². The topological polar surface area (TPSA) is 88.3 Å². The number of nitrogens with two attached hydrogens (primary N) is 1. The summed E-state index contributed by atoms with van der Waals surface area (Å²) in [6.07, 6.45) is 4.17. The molecule has 2 rings (SSSR count). The normalized spacial score (nSPS) is 15.8. The number of hydrogen-bond donors (Lipinski definition) is 2. The second kappa shape index (κ2) is 6.07. The molecule has 1 aliphatic rings. The lowest BCUT2D eigenvalue weighted by molar-refractivity contribution is 0.372. The van der Waals surface area contributed by atoms with Crippen molar-refractivity contribution in [3.05, 3.63) is 18.3 Å². The van der Waals surface area contributed by atoms with Gasteiger partial charge in [0.25, 0.3) is 10.0 Å². The van der Waals surface area contributed by atoms with E-state index in [1.807, 2.05) is 0 Å². The van der Waals surface area contributed by atoms with Gasteiger partial charge in [-0.25, -0.2) is 13.4 Å². The van der Waals surface area contributed by atoms with Gasteiger partial charge >= 0.3 is 0 Å². The molecule has 1 heterocycles. The van der Waals surface area contributed by atoms with E-state index in [-0.39, 0.29) is 11.1 Å². The minimum atomic E-state index is -3.60. The molecule has 6 nitrogen and oxygen atoms in total. The van der Waals surface area contributed by atoms with Crippen LogP contribution in [0.2, 0.25) is 0 Å². The highest BCUT2D eigenvalue weighted by Crippen LogP contribution is 2.33. The van der Waals surface area contributed by atoms with Crippen molar-refractivity contribution in [2.75, 3.05) is 12.0 Å². The van der Waals surface area contributed by atoms with Gasteiger partial charge in [-0.1, -0.05) is 13.8 Å².